The van der Waals surface area contributed by atoms with E-state index in [9.17, 15) is 0 Å². The molecule has 1 fully saturated rings. The van der Waals surface area contributed by atoms with Crippen LogP contribution in [0.3, 0.4) is 0 Å². The van der Waals surface area contributed by atoms with Gasteiger partial charge < -0.3 is 5.32 Å². The first kappa shape index (κ1) is 16.5. The molecule has 118 valence electrons. The highest BCUT2D eigenvalue weighted by Crippen LogP contribution is 2.31. The summed E-state index contributed by atoms with van der Waals surface area (Å²) < 4.78 is 0. The summed E-state index contributed by atoms with van der Waals surface area (Å²) in [7, 11) is 0. The van der Waals surface area contributed by atoms with E-state index in [1.807, 2.05) is 0 Å². The Kier molecular flexibility index (Phi) is 5.11. The monoisotopic (exact) mass is 288 g/mol. The zero-order chi connectivity index (χ0) is 15.6. The molecule has 0 amide bonds. The SMILES string of the molecule is CC(C)C1CNC(c2ccccc2)CN1C(C)C(C)(C)C. The van der Waals surface area contributed by atoms with Gasteiger partial charge in [0.25, 0.3) is 0 Å². The molecule has 0 aliphatic carbocycles. The molecule has 1 aliphatic rings. The van der Waals surface area contributed by atoms with Crippen molar-refractivity contribution in [3.63, 3.8) is 0 Å². The average Bonchev–Trinajstić information content (AvgIpc) is 2.45. The van der Waals surface area contributed by atoms with Crippen molar-refractivity contribution in [1.82, 2.24) is 10.2 Å². The summed E-state index contributed by atoms with van der Waals surface area (Å²) in [5.41, 5.74) is 1.72. The van der Waals surface area contributed by atoms with Gasteiger partial charge in [-0.2, -0.15) is 0 Å². The Morgan fingerprint density at radius 2 is 1.71 bits per heavy atom. The third-order valence-electron chi connectivity index (χ3n) is 5.12. The van der Waals surface area contributed by atoms with Gasteiger partial charge in [-0.25, -0.2) is 0 Å². The summed E-state index contributed by atoms with van der Waals surface area (Å²) in [6.07, 6.45) is 0. The van der Waals surface area contributed by atoms with Crippen molar-refractivity contribution in [2.45, 2.75) is 59.7 Å². The van der Waals surface area contributed by atoms with Crippen molar-refractivity contribution < 1.29 is 0 Å². The molecule has 1 aromatic rings. The van der Waals surface area contributed by atoms with Gasteiger partial charge in [-0.15, -0.1) is 0 Å². The van der Waals surface area contributed by atoms with E-state index >= 15 is 0 Å². The van der Waals surface area contributed by atoms with Crippen LogP contribution in [-0.4, -0.2) is 30.1 Å². The smallest absolute Gasteiger partial charge is 0.0450 e. The van der Waals surface area contributed by atoms with E-state index < -0.39 is 0 Å². The number of piperazine rings is 1. The van der Waals surface area contributed by atoms with Crippen LogP contribution in [-0.2, 0) is 0 Å². The number of benzene rings is 1. The van der Waals surface area contributed by atoms with Crippen LogP contribution in [0.5, 0.6) is 0 Å². The van der Waals surface area contributed by atoms with Crippen LogP contribution in [0.25, 0.3) is 0 Å². The zero-order valence-corrected chi connectivity index (χ0v) is 14.6. The topological polar surface area (TPSA) is 15.3 Å². The normalized spacial score (nSPS) is 26.0. The first-order valence-corrected chi connectivity index (χ1v) is 8.34. The number of hydrogen-bond donors (Lipinski definition) is 1. The van der Waals surface area contributed by atoms with Gasteiger partial charge in [-0.05, 0) is 23.8 Å². The van der Waals surface area contributed by atoms with Crippen molar-refractivity contribution in [2.24, 2.45) is 11.3 Å². The molecule has 3 unspecified atom stereocenters. The Morgan fingerprint density at radius 1 is 1.10 bits per heavy atom. The minimum Gasteiger partial charge on any atom is -0.307 e. The van der Waals surface area contributed by atoms with Crippen molar-refractivity contribution in [3.05, 3.63) is 35.9 Å². The maximum Gasteiger partial charge on any atom is 0.0450 e. The van der Waals surface area contributed by atoms with Crippen molar-refractivity contribution in [1.29, 1.82) is 0 Å². The van der Waals surface area contributed by atoms with Gasteiger partial charge in [0.05, 0.1) is 0 Å². The van der Waals surface area contributed by atoms with E-state index in [4.69, 9.17) is 0 Å². The third-order valence-corrected chi connectivity index (χ3v) is 5.12. The lowest BCUT2D eigenvalue weighted by atomic mass is 9.83. The first-order valence-electron chi connectivity index (χ1n) is 8.34. The number of nitrogens with one attached hydrogen (secondary N) is 1. The number of rotatable bonds is 3. The Balaban J connectivity index is 2.20. The third kappa shape index (κ3) is 3.87. The van der Waals surface area contributed by atoms with Gasteiger partial charge >= 0.3 is 0 Å². The van der Waals surface area contributed by atoms with Crippen molar-refractivity contribution in [3.8, 4) is 0 Å². The van der Waals surface area contributed by atoms with Crippen LogP contribution in [0.1, 0.15) is 53.1 Å². The van der Waals surface area contributed by atoms with E-state index in [1.54, 1.807) is 0 Å². The Bertz CT molecular complexity index is 431. The van der Waals surface area contributed by atoms with Gasteiger partial charge in [0.1, 0.15) is 0 Å². The van der Waals surface area contributed by atoms with Crippen LogP contribution < -0.4 is 5.32 Å². The lowest BCUT2D eigenvalue weighted by molar-refractivity contribution is 0.0162. The fourth-order valence-electron chi connectivity index (χ4n) is 3.26. The second kappa shape index (κ2) is 6.50. The molecular formula is C19H32N2. The lowest BCUT2D eigenvalue weighted by Gasteiger charge is -2.49. The average molecular weight is 288 g/mol. The molecule has 2 rings (SSSR count). The molecule has 1 heterocycles. The van der Waals surface area contributed by atoms with Crippen molar-refractivity contribution in [2.75, 3.05) is 13.1 Å². The second-order valence-electron chi connectivity index (χ2n) is 7.92. The molecule has 0 radical (unpaired) electrons. The Hall–Kier alpha value is -0.860. The summed E-state index contributed by atoms with van der Waals surface area (Å²) >= 11 is 0. The van der Waals surface area contributed by atoms with Gasteiger partial charge in [-0.3, -0.25) is 4.90 Å². The second-order valence-corrected chi connectivity index (χ2v) is 7.92. The lowest BCUT2D eigenvalue weighted by Crippen LogP contribution is -2.59. The largest absolute Gasteiger partial charge is 0.307 e. The summed E-state index contributed by atoms with van der Waals surface area (Å²) in [4.78, 5) is 2.73. The van der Waals surface area contributed by atoms with Gasteiger partial charge in [0.15, 0.2) is 0 Å². The minimum atomic E-state index is 0.311. The summed E-state index contributed by atoms with van der Waals surface area (Å²) in [5, 5.41) is 3.76. The molecule has 0 aromatic heterocycles. The predicted molar refractivity (Wildman–Crippen MR) is 91.4 cm³/mol. The van der Waals surface area contributed by atoms with Crippen LogP contribution in [0.2, 0.25) is 0 Å². The molecule has 1 aromatic carbocycles. The molecule has 0 spiro atoms. The number of nitrogens with zero attached hydrogens (tertiary/aromatic N) is 1. The van der Waals surface area contributed by atoms with Gasteiger partial charge in [-0.1, -0.05) is 65.0 Å². The van der Waals surface area contributed by atoms with E-state index in [0.29, 0.717) is 29.5 Å². The summed E-state index contributed by atoms with van der Waals surface area (Å²) in [6.45, 7) is 16.3. The molecule has 1 saturated heterocycles. The minimum absolute atomic E-state index is 0.311. The van der Waals surface area contributed by atoms with E-state index in [-0.39, 0.29) is 0 Å². The van der Waals surface area contributed by atoms with Gasteiger partial charge in [0.2, 0.25) is 0 Å². The molecule has 0 bridgehead atoms. The molecule has 2 nitrogen and oxygen atoms in total. The fraction of sp³-hybridized carbons (Fsp3) is 0.684. The predicted octanol–water partition coefficient (Wildman–Crippen LogP) is 4.09. The van der Waals surface area contributed by atoms with Crippen LogP contribution in [0.15, 0.2) is 30.3 Å². The van der Waals surface area contributed by atoms with Gasteiger partial charge in [0, 0.05) is 31.2 Å². The summed E-state index contributed by atoms with van der Waals surface area (Å²) in [6, 6.07) is 12.5. The molecule has 1 N–H and O–H groups in total. The Labute approximate surface area is 130 Å². The summed E-state index contributed by atoms with van der Waals surface area (Å²) in [5.74, 6) is 0.680. The van der Waals surface area contributed by atoms with E-state index in [2.05, 4.69) is 82.1 Å². The van der Waals surface area contributed by atoms with E-state index in [0.717, 1.165) is 13.1 Å². The molecule has 1 aliphatic heterocycles. The number of hydrogen-bond acceptors (Lipinski definition) is 2. The van der Waals surface area contributed by atoms with Crippen LogP contribution in [0, 0.1) is 11.3 Å². The highest BCUT2D eigenvalue weighted by atomic mass is 15.3. The van der Waals surface area contributed by atoms with Crippen LogP contribution >= 0.6 is 0 Å². The first-order chi connectivity index (χ1) is 9.80. The molecule has 3 atom stereocenters. The molecule has 2 heteroatoms. The van der Waals surface area contributed by atoms with E-state index in [1.165, 1.54) is 5.56 Å². The highest BCUT2D eigenvalue weighted by Gasteiger charge is 2.37. The maximum atomic E-state index is 3.76. The zero-order valence-electron chi connectivity index (χ0n) is 14.6. The van der Waals surface area contributed by atoms with Crippen molar-refractivity contribution >= 4 is 0 Å². The standard InChI is InChI=1S/C19H32N2/c1-14(2)18-12-20-17(16-10-8-7-9-11-16)13-21(18)15(3)19(4,5)6/h7-11,14-15,17-18,20H,12-13H2,1-6H3. The Morgan fingerprint density at radius 3 is 2.24 bits per heavy atom. The molecule has 0 saturated carbocycles. The quantitative estimate of drug-likeness (QED) is 0.901. The molecular weight excluding hydrogens is 256 g/mol. The fourth-order valence-corrected chi connectivity index (χ4v) is 3.26. The van der Waals surface area contributed by atoms with Crippen LogP contribution in [0.4, 0.5) is 0 Å². The molecule has 21 heavy (non-hydrogen) atoms. The highest BCUT2D eigenvalue weighted by molar-refractivity contribution is 5.20. The maximum absolute atomic E-state index is 3.76.